The van der Waals surface area contributed by atoms with Gasteiger partial charge in [-0.3, -0.25) is 4.79 Å². The van der Waals surface area contributed by atoms with Crippen LogP contribution in [-0.4, -0.2) is 53.8 Å². The Hall–Kier alpha value is -1.40. The molecule has 0 amide bonds. The Morgan fingerprint density at radius 1 is 1.58 bits per heavy atom. The lowest BCUT2D eigenvalue weighted by molar-refractivity contribution is -0.0117. The number of nitrogens with zero attached hydrogens (tertiary/aromatic N) is 3. The quantitative estimate of drug-likeness (QED) is 0.863. The fourth-order valence-electron chi connectivity index (χ4n) is 2.15. The molecule has 0 radical (unpaired) electrons. The fraction of sp³-hybridized carbons (Fsp3) is 0.692. The van der Waals surface area contributed by atoms with Gasteiger partial charge >= 0.3 is 0 Å². The summed E-state index contributed by atoms with van der Waals surface area (Å²) >= 11 is 0. The van der Waals surface area contributed by atoms with Crippen molar-refractivity contribution in [2.75, 3.05) is 38.6 Å². The summed E-state index contributed by atoms with van der Waals surface area (Å²) in [5, 5.41) is 3.10. The van der Waals surface area contributed by atoms with Crippen molar-refractivity contribution in [2.24, 2.45) is 0 Å². The molecule has 6 nitrogen and oxygen atoms in total. The monoisotopic (exact) mass is 266 g/mol. The molecule has 1 aliphatic rings. The Morgan fingerprint density at radius 3 is 3.05 bits per heavy atom. The first-order valence-electron chi connectivity index (χ1n) is 6.69. The molecule has 1 aromatic heterocycles. The predicted molar refractivity (Wildman–Crippen MR) is 74.6 cm³/mol. The summed E-state index contributed by atoms with van der Waals surface area (Å²) in [7, 11) is 2.07. The topological polar surface area (TPSA) is 59.4 Å². The maximum atomic E-state index is 12.1. The van der Waals surface area contributed by atoms with E-state index in [-0.39, 0.29) is 17.7 Å². The Balaban J connectivity index is 2.00. The number of aromatic nitrogens is 2. The third kappa shape index (κ3) is 3.54. The first kappa shape index (κ1) is 14.0. The van der Waals surface area contributed by atoms with Crippen molar-refractivity contribution in [3.63, 3.8) is 0 Å². The van der Waals surface area contributed by atoms with Crippen LogP contribution in [0.3, 0.4) is 0 Å². The van der Waals surface area contributed by atoms with Crippen LogP contribution in [0.25, 0.3) is 0 Å². The highest BCUT2D eigenvalue weighted by molar-refractivity contribution is 5.31. The smallest absolute Gasteiger partial charge is 0.293 e. The molecule has 1 N–H and O–H groups in total. The molecule has 0 spiro atoms. The van der Waals surface area contributed by atoms with Crippen molar-refractivity contribution in [3.05, 3.63) is 22.7 Å². The second-order valence-electron chi connectivity index (χ2n) is 5.22. The highest BCUT2D eigenvalue weighted by atomic mass is 16.5. The molecule has 1 aliphatic heterocycles. The van der Waals surface area contributed by atoms with Gasteiger partial charge in [0, 0.05) is 38.1 Å². The minimum absolute atomic E-state index is 0.0818. The van der Waals surface area contributed by atoms with Crippen LogP contribution in [0.2, 0.25) is 0 Å². The minimum Gasteiger partial charge on any atom is -0.374 e. The molecule has 0 aliphatic carbocycles. The maximum absolute atomic E-state index is 12.1. The summed E-state index contributed by atoms with van der Waals surface area (Å²) in [4.78, 5) is 18.5. The van der Waals surface area contributed by atoms with Crippen molar-refractivity contribution >= 4 is 5.82 Å². The van der Waals surface area contributed by atoms with E-state index in [2.05, 4.69) is 22.2 Å². The molecule has 1 saturated heterocycles. The van der Waals surface area contributed by atoms with Gasteiger partial charge < -0.3 is 19.5 Å². The molecule has 2 rings (SSSR count). The van der Waals surface area contributed by atoms with Gasteiger partial charge in [-0.2, -0.15) is 0 Å². The number of likely N-dealkylation sites (N-methyl/N-ethyl adjacent to an activating group) is 1. The lowest BCUT2D eigenvalue weighted by Gasteiger charge is -2.30. The fourth-order valence-corrected chi connectivity index (χ4v) is 2.15. The molecule has 1 aromatic rings. The zero-order chi connectivity index (χ0) is 13.8. The van der Waals surface area contributed by atoms with E-state index in [1.54, 1.807) is 17.0 Å². The van der Waals surface area contributed by atoms with E-state index in [4.69, 9.17) is 4.74 Å². The van der Waals surface area contributed by atoms with Gasteiger partial charge in [-0.15, -0.1) is 0 Å². The van der Waals surface area contributed by atoms with Crippen LogP contribution in [0.5, 0.6) is 0 Å². The minimum atomic E-state index is -0.0818. The van der Waals surface area contributed by atoms with E-state index in [0.29, 0.717) is 12.4 Å². The van der Waals surface area contributed by atoms with Gasteiger partial charge in [-0.1, -0.05) is 0 Å². The molecule has 0 saturated carbocycles. The third-order valence-corrected chi connectivity index (χ3v) is 3.26. The zero-order valence-corrected chi connectivity index (χ0v) is 11.8. The van der Waals surface area contributed by atoms with E-state index in [9.17, 15) is 4.79 Å². The van der Waals surface area contributed by atoms with Crippen LogP contribution < -0.4 is 10.9 Å². The van der Waals surface area contributed by atoms with Gasteiger partial charge in [0.1, 0.15) is 0 Å². The molecule has 1 atom stereocenters. The van der Waals surface area contributed by atoms with Crippen LogP contribution in [0.1, 0.15) is 19.9 Å². The lowest BCUT2D eigenvalue weighted by Crippen LogP contribution is -2.43. The van der Waals surface area contributed by atoms with E-state index in [1.165, 1.54) is 0 Å². The normalized spacial score (nSPS) is 20.7. The summed E-state index contributed by atoms with van der Waals surface area (Å²) in [5.41, 5.74) is -0.0818. The first-order valence-corrected chi connectivity index (χ1v) is 6.69. The number of ether oxygens (including phenoxy) is 1. The van der Waals surface area contributed by atoms with Gasteiger partial charge in [-0.25, -0.2) is 4.98 Å². The van der Waals surface area contributed by atoms with E-state index in [1.807, 2.05) is 13.8 Å². The number of morpholine rings is 1. The standard InChI is InChI=1S/C13H22N4O2/c1-10(2)17-5-4-14-12(13(17)18)15-8-11-9-16(3)6-7-19-11/h4-5,10-11H,6-9H2,1-3H3,(H,14,15). The van der Waals surface area contributed by atoms with Crippen LogP contribution in [0.15, 0.2) is 17.2 Å². The summed E-state index contributed by atoms with van der Waals surface area (Å²) < 4.78 is 7.32. The zero-order valence-electron chi connectivity index (χ0n) is 11.8. The van der Waals surface area contributed by atoms with Gasteiger partial charge in [-0.05, 0) is 20.9 Å². The molecule has 1 fully saturated rings. The van der Waals surface area contributed by atoms with Crippen LogP contribution in [-0.2, 0) is 4.74 Å². The molecule has 19 heavy (non-hydrogen) atoms. The summed E-state index contributed by atoms with van der Waals surface area (Å²) in [5.74, 6) is 0.396. The van der Waals surface area contributed by atoms with Crippen LogP contribution in [0.4, 0.5) is 5.82 Å². The van der Waals surface area contributed by atoms with Crippen molar-refractivity contribution in [1.82, 2.24) is 14.5 Å². The molecule has 1 unspecified atom stereocenters. The Bertz CT molecular complexity index is 472. The van der Waals surface area contributed by atoms with Crippen molar-refractivity contribution < 1.29 is 4.74 Å². The van der Waals surface area contributed by atoms with Gasteiger partial charge in [0.15, 0.2) is 5.82 Å². The molecule has 6 heteroatoms. The van der Waals surface area contributed by atoms with E-state index < -0.39 is 0 Å². The molecule has 0 aromatic carbocycles. The first-order chi connectivity index (χ1) is 9.08. The third-order valence-electron chi connectivity index (χ3n) is 3.26. The number of nitrogens with one attached hydrogen (secondary N) is 1. The Labute approximate surface area is 113 Å². The maximum Gasteiger partial charge on any atom is 0.293 e. The number of hydrogen-bond acceptors (Lipinski definition) is 5. The largest absolute Gasteiger partial charge is 0.374 e. The second kappa shape index (κ2) is 6.16. The SMILES string of the molecule is CC(C)n1ccnc(NCC2CN(C)CCO2)c1=O. The number of rotatable bonds is 4. The van der Waals surface area contributed by atoms with E-state index in [0.717, 1.165) is 19.7 Å². The lowest BCUT2D eigenvalue weighted by atomic mass is 10.3. The Morgan fingerprint density at radius 2 is 2.37 bits per heavy atom. The van der Waals surface area contributed by atoms with Crippen molar-refractivity contribution in [3.8, 4) is 0 Å². The van der Waals surface area contributed by atoms with Crippen molar-refractivity contribution in [1.29, 1.82) is 0 Å². The summed E-state index contributed by atoms with van der Waals surface area (Å²) in [6, 6.07) is 0.133. The second-order valence-corrected chi connectivity index (χ2v) is 5.22. The van der Waals surface area contributed by atoms with Crippen molar-refractivity contribution in [2.45, 2.75) is 26.0 Å². The highest BCUT2D eigenvalue weighted by Gasteiger charge is 2.18. The Kier molecular flexibility index (Phi) is 4.55. The van der Waals surface area contributed by atoms with Crippen LogP contribution >= 0.6 is 0 Å². The number of hydrogen-bond donors (Lipinski definition) is 1. The molecule has 106 valence electrons. The predicted octanol–water partition coefficient (Wildman–Crippen LogP) is 0.567. The van der Waals surface area contributed by atoms with Gasteiger partial charge in [0.25, 0.3) is 5.56 Å². The molecule has 2 heterocycles. The number of anilines is 1. The van der Waals surface area contributed by atoms with Crippen LogP contribution in [0, 0.1) is 0 Å². The molecule has 0 bridgehead atoms. The summed E-state index contributed by atoms with van der Waals surface area (Å²) in [6.45, 7) is 7.13. The van der Waals surface area contributed by atoms with E-state index >= 15 is 0 Å². The highest BCUT2D eigenvalue weighted by Crippen LogP contribution is 2.05. The van der Waals surface area contributed by atoms with Gasteiger partial charge in [0.2, 0.25) is 0 Å². The summed E-state index contributed by atoms with van der Waals surface area (Å²) in [6.07, 6.45) is 3.47. The molecular formula is C13H22N4O2. The average Bonchev–Trinajstić information content (AvgIpc) is 2.37. The molecular weight excluding hydrogens is 244 g/mol. The average molecular weight is 266 g/mol. The van der Waals surface area contributed by atoms with Gasteiger partial charge in [0.05, 0.1) is 12.7 Å².